The smallest absolute Gasteiger partial charge is 0.245 e. The summed E-state index contributed by atoms with van der Waals surface area (Å²) in [6, 6.07) is 9.53. The molecule has 0 aromatic heterocycles. The van der Waals surface area contributed by atoms with Gasteiger partial charge in [-0.15, -0.1) is 0 Å². The fraction of sp³-hybridized carbons (Fsp3) is 0.438. The summed E-state index contributed by atoms with van der Waals surface area (Å²) in [6.07, 6.45) is 0.967. The Hall–Kier alpha value is -1.80. The van der Waals surface area contributed by atoms with Crippen LogP contribution in [0.25, 0.3) is 0 Å². The first kappa shape index (κ1) is 17.3. The van der Waals surface area contributed by atoms with Gasteiger partial charge in [-0.3, -0.25) is 9.59 Å². The molecule has 1 amide bonds. The standard InChI is InChI=1S/C16H20N2O2S/c1-3-8-21-11-15(19)14(9-17)16(20)18-10-13-6-4-12(2)5-7-13/h4-7,14H,3,8,10-11H2,1-2H3,(H,18,20)/t14-/m1/s1. The van der Waals surface area contributed by atoms with E-state index < -0.39 is 11.8 Å². The molecule has 0 heterocycles. The maximum Gasteiger partial charge on any atom is 0.245 e. The molecule has 0 aliphatic heterocycles. The summed E-state index contributed by atoms with van der Waals surface area (Å²) in [5.41, 5.74) is 2.08. The molecule has 1 N–H and O–H groups in total. The number of amides is 1. The van der Waals surface area contributed by atoms with E-state index in [9.17, 15) is 9.59 Å². The van der Waals surface area contributed by atoms with E-state index in [1.54, 1.807) is 6.07 Å². The second-order valence-electron chi connectivity index (χ2n) is 4.78. The quantitative estimate of drug-likeness (QED) is 0.591. The molecular weight excluding hydrogens is 284 g/mol. The third kappa shape index (κ3) is 6.01. The van der Waals surface area contributed by atoms with Crippen LogP contribution in [-0.2, 0) is 16.1 Å². The lowest BCUT2D eigenvalue weighted by Gasteiger charge is -2.09. The molecule has 0 aliphatic rings. The number of rotatable bonds is 8. The highest BCUT2D eigenvalue weighted by atomic mass is 32.2. The van der Waals surface area contributed by atoms with Crippen molar-refractivity contribution in [3.05, 3.63) is 35.4 Å². The van der Waals surface area contributed by atoms with Crippen molar-refractivity contribution in [3.8, 4) is 6.07 Å². The van der Waals surface area contributed by atoms with Gasteiger partial charge in [-0.05, 0) is 24.7 Å². The molecule has 0 saturated heterocycles. The number of benzene rings is 1. The molecule has 21 heavy (non-hydrogen) atoms. The van der Waals surface area contributed by atoms with Crippen LogP contribution in [0.4, 0.5) is 0 Å². The fourth-order valence-electron chi connectivity index (χ4n) is 1.67. The molecule has 1 aromatic carbocycles. The number of hydrogen-bond donors (Lipinski definition) is 1. The largest absolute Gasteiger partial charge is 0.350 e. The van der Waals surface area contributed by atoms with Gasteiger partial charge in [0, 0.05) is 6.54 Å². The maximum absolute atomic E-state index is 11.9. The minimum atomic E-state index is -1.21. The number of nitrogens with zero attached hydrogens (tertiary/aromatic N) is 1. The van der Waals surface area contributed by atoms with E-state index in [1.165, 1.54) is 11.8 Å². The normalized spacial score (nSPS) is 11.5. The topological polar surface area (TPSA) is 70.0 Å². The summed E-state index contributed by atoms with van der Waals surface area (Å²) in [7, 11) is 0. The minimum absolute atomic E-state index is 0.212. The highest BCUT2D eigenvalue weighted by molar-refractivity contribution is 7.99. The van der Waals surface area contributed by atoms with E-state index in [0.29, 0.717) is 6.54 Å². The summed E-state index contributed by atoms with van der Waals surface area (Å²) < 4.78 is 0. The number of nitriles is 1. The van der Waals surface area contributed by atoms with Gasteiger partial charge in [0.25, 0.3) is 0 Å². The Kier molecular flexibility index (Phi) is 7.55. The van der Waals surface area contributed by atoms with Crippen LogP contribution in [0.1, 0.15) is 24.5 Å². The average Bonchev–Trinajstić information content (AvgIpc) is 2.47. The summed E-state index contributed by atoms with van der Waals surface area (Å²) in [5, 5.41) is 11.7. The summed E-state index contributed by atoms with van der Waals surface area (Å²) >= 11 is 1.46. The third-order valence-electron chi connectivity index (χ3n) is 2.89. The fourth-order valence-corrected chi connectivity index (χ4v) is 2.48. The zero-order chi connectivity index (χ0) is 15.7. The van der Waals surface area contributed by atoms with Gasteiger partial charge < -0.3 is 5.32 Å². The number of carbonyl (C=O) groups excluding carboxylic acids is 2. The Morgan fingerprint density at radius 2 is 2.00 bits per heavy atom. The second-order valence-corrected chi connectivity index (χ2v) is 5.89. The van der Waals surface area contributed by atoms with E-state index in [1.807, 2.05) is 38.1 Å². The number of nitrogens with one attached hydrogen (secondary N) is 1. The Morgan fingerprint density at radius 3 is 2.57 bits per heavy atom. The lowest BCUT2D eigenvalue weighted by atomic mass is 10.1. The Balaban J connectivity index is 2.49. The van der Waals surface area contributed by atoms with Crippen molar-refractivity contribution in [3.63, 3.8) is 0 Å². The molecule has 0 unspecified atom stereocenters. The van der Waals surface area contributed by atoms with E-state index in [0.717, 1.165) is 23.3 Å². The molecule has 112 valence electrons. The lowest BCUT2D eigenvalue weighted by molar-refractivity contribution is -0.130. The van der Waals surface area contributed by atoms with Crippen molar-refractivity contribution in [2.45, 2.75) is 26.8 Å². The average molecular weight is 304 g/mol. The van der Waals surface area contributed by atoms with Gasteiger partial charge in [0.05, 0.1) is 11.8 Å². The summed E-state index contributed by atoms with van der Waals surface area (Å²) in [6.45, 7) is 4.33. The van der Waals surface area contributed by atoms with Crippen LogP contribution >= 0.6 is 11.8 Å². The van der Waals surface area contributed by atoms with Gasteiger partial charge in [0.2, 0.25) is 5.91 Å². The van der Waals surface area contributed by atoms with Gasteiger partial charge >= 0.3 is 0 Å². The summed E-state index contributed by atoms with van der Waals surface area (Å²) in [4.78, 5) is 23.8. The number of ketones is 1. The Bertz CT molecular complexity index is 520. The van der Waals surface area contributed by atoms with Crippen LogP contribution in [0.3, 0.4) is 0 Å². The monoisotopic (exact) mass is 304 g/mol. The zero-order valence-electron chi connectivity index (χ0n) is 12.4. The minimum Gasteiger partial charge on any atom is -0.350 e. The Labute approximate surface area is 129 Å². The van der Waals surface area contributed by atoms with Crippen LogP contribution < -0.4 is 5.32 Å². The number of thioether (sulfide) groups is 1. The first-order valence-corrected chi connectivity index (χ1v) is 8.07. The first-order valence-electron chi connectivity index (χ1n) is 6.91. The van der Waals surface area contributed by atoms with Gasteiger partial charge in [0.15, 0.2) is 11.7 Å². The van der Waals surface area contributed by atoms with Gasteiger partial charge in [-0.1, -0.05) is 36.8 Å². The molecule has 0 saturated carbocycles. The maximum atomic E-state index is 11.9. The van der Waals surface area contributed by atoms with Crippen molar-refractivity contribution in [2.75, 3.05) is 11.5 Å². The van der Waals surface area contributed by atoms with Crippen molar-refractivity contribution in [2.24, 2.45) is 5.92 Å². The van der Waals surface area contributed by atoms with Crippen LogP contribution in [0.5, 0.6) is 0 Å². The van der Waals surface area contributed by atoms with Crippen LogP contribution in [0.2, 0.25) is 0 Å². The van der Waals surface area contributed by atoms with Crippen LogP contribution in [-0.4, -0.2) is 23.2 Å². The summed E-state index contributed by atoms with van der Waals surface area (Å²) in [5.74, 6) is -0.976. The van der Waals surface area contributed by atoms with E-state index in [2.05, 4.69) is 5.32 Å². The van der Waals surface area contributed by atoms with Crippen molar-refractivity contribution >= 4 is 23.5 Å². The van der Waals surface area contributed by atoms with Crippen LogP contribution in [0, 0.1) is 24.2 Å². The number of hydrogen-bond acceptors (Lipinski definition) is 4. The molecule has 0 spiro atoms. The molecule has 5 heteroatoms. The number of Topliss-reactive ketones (excluding diaryl/α,β-unsaturated/α-hetero) is 1. The predicted octanol–water partition coefficient (Wildman–Crippen LogP) is 2.46. The molecule has 0 radical (unpaired) electrons. The number of aryl methyl sites for hydroxylation is 1. The van der Waals surface area contributed by atoms with E-state index in [4.69, 9.17) is 5.26 Å². The van der Waals surface area contributed by atoms with Crippen molar-refractivity contribution in [1.82, 2.24) is 5.32 Å². The van der Waals surface area contributed by atoms with Crippen LogP contribution in [0.15, 0.2) is 24.3 Å². The SMILES string of the molecule is CCCSCC(=O)[C@@H](C#N)C(=O)NCc1ccc(C)cc1. The molecule has 0 bridgehead atoms. The molecule has 1 rings (SSSR count). The number of carbonyl (C=O) groups is 2. The second kappa shape index (κ2) is 9.19. The first-order chi connectivity index (χ1) is 10.1. The van der Waals surface area contributed by atoms with E-state index >= 15 is 0 Å². The highest BCUT2D eigenvalue weighted by Crippen LogP contribution is 2.08. The lowest BCUT2D eigenvalue weighted by Crippen LogP contribution is -2.35. The molecule has 0 fully saturated rings. The molecule has 4 nitrogen and oxygen atoms in total. The molecule has 0 aliphatic carbocycles. The van der Waals surface area contributed by atoms with Gasteiger partial charge in [-0.25, -0.2) is 0 Å². The van der Waals surface area contributed by atoms with E-state index in [-0.39, 0.29) is 11.5 Å². The zero-order valence-corrected chi connectivity index (χ0v) is 13.2. The Morgan fingerprint density at radius 1 is 1.33 bits per heavy atom. The molecular formula is C16H20N2O2S. The molecule has 1 atom stereocenters. The molecule has 1 aromatic rings. The van der Waals surface area contributed by atoms with Gasteiger partial charge in [0.1, 0.15) is 0 Å². The van der Waals surface area contributed by atoms with Gasteiger partial charge in [-0.2, -0.15) is 17.0 Å². The van der Waals surface area contributed by atoms with Crippen molar-refractivity contribution < 1.29 is 9.59 Å². The predicted molar refractivity (Wildman–Crippen MR) is 84.8 cm³/mol. The highest BCUT2D eigenvalue weighted by Gasteiger charge is 2.25. The third-order valence-corrected chi connectivity index (χ3v) is 4.08. The van der Waals surface area contributed by atoms with Crippen molar-refractivity contribution in [1.29, 1.82) is 5.26 Å².